The fraction of sp³-hybridized carbons (Fsp3) is 0.130. The Morgan fingerprint density at radius 3 is 2.59 bits per heavy atom. The van der Waals surface area contributed by atoms with E-state index in [-0.39, 0.29) is 24.0 Å². The van der Waals surface area contributed by atoms with Crippen LogP contribution in [0.4, 0.5) is 16.1 Å². The van der Waals surface area contributed by atoms with Gasteiger partial charge >= 0.3 is 0 Å². The van der Waals surface area contributed by atoms with Crippen LogP contribution in [-0.2, 0) is 11.2 Å². The van der Waals surface area contributed by atoms with E-state index in [9.17, 15) is 9.18 Å². The van der Waals surface area contributed by atoms with Gasteiger partial charge in [0.05, 0.1) is 6.42 Å². The first-order chi connectivity index (χ1) is 15.4. The van der Waals surface area contributed by atoms with Crippen molar-refractivity contribution in [2.45, 2.75) is 6.42 Å². The van der Waals surface area contributed by atoms with E-state index in [2.05, 4.69) is 20.4 Å². The van der Waals surface area contributed by atoms with Crippen LogP contribution in [-0.4, -0.2) is 35.1 Å². The normalized spacial score (nSPS) is 10.8. The first kappa shape index (κ1) is 21.5. The molecule has 7 nitrogen and oxygen atoms in total. The molecule has 2 aromatic heterocycles. The lowest BCUT2D eigenvalue weighted by Gasteiger charge is -2.12. The number of halogens is 2. The van der Waals surface area contributed by atoms with Crippen molar-refractivity contribution in [1.29, 1.82) is 0 Å². The van der Waals surface area contributed by atoms with Crippen LogP contribution in [0.25, 0.3) is 22.6 Å². The van der Waals surface area contributed by atoms with Crippen molar-refractivity contribution in [2.75, 3.05) is 24.3 Å². The third-order valence-electron chi connectivity index (χ3n) is 4.69. The van der Waals surface area contributed by atoms with Crippen molar-refractivity contribution in [3.05, 3.63) is 77.2 Å². The number of carbonyl (C=O) groups excluding carboxylic acids is 1. The number of anilines is 2. The minimum absolute atomic E-state index is 0.0459. The van der Waals surface area contributed by atoms with E-state index in [1.807, 2.05) is 25.1 Å². The third kappa shape index (κ3) is 4.60. The Morgan fingerprint density at radius 2 is 1.88 bits per heavy atom. The molecule has 0 unspecified atom stereocenters. The van der Waals surface area contributed by atoms with Crippen LogP contribution in [0.1, 0.15) is 5.56 Å². The number of hydrogen-bond acceptors (Lipinski definition) is 6. The second-order valence-corrected chi connectivity index (χ2v) is 7.60. The number of aromatic nitrogens is 3. The van der Waals surface area contributed by atoms with Crippen molar-refractivity contribution in [3.8, 4) is 22.6 Å². The molecule has 0 aliphatic rings. The molecule has 0 saturated heterocycles. The summed E-state index contributed by atoms with van der Waals surface area (Å²) in [4.78, 5) is 23.5. The van der Waals surface area contributed by atoms with Gasteiger partial charge in [-0.25, -0.2) is 14.4 Å². The molecule has 0 fully saturated rings. The highest BCUT2D eigenvalue weighted by molar-refractivity contribution is 6.31. The third-order valence-corrected chi connectivity index (χ3v) is 5.06. The smallest absolute Gasteiger partial charge is 0.243 e. The standard InChI is InChI=1S/C23H19ClFN5O2/c1-30(2)18-11-12-26-22(27-18)20-21(14-7-9-16(25)10-8-14)29-32-23(20)28-19(31)13-15-5-3-4-6-17(15)24/h3-12H,13H2,1-2H3,(H,28,31). The summed E-state index contributed by atoms with van der Waals surface area (Å²) < 4.78 is 18.9. The highest BCUT2D eigenvalue weighted by atomic mass is 35.5. The second kappa shape index (κ2) is 9.15. The van der Waals surface area contributed by atoms with Gasteiger partial charge in [0.25, 0.3) is 0 Å². The predicted octanol–water partition coefficient (Wildman–Crippen LogP) is 4.84. The van der Waals surface area contributed by atoms with Gasteiger partial charge in [-0.05, 0) is 42.0 Å². The summed E-state index contributed by atoms with van der Waals surface area (Å²) >= 11 is 6.17. The molecule has 162 valence electrons. The Morgan fingerprint density at radius 1 is 1.12 bits per heavy atom. The molecule has 9 heteroatoms. The molecular weight excluding hydrogens is 433 g/mol. The van der Waals surface area contributed by atoms with Gasteiger partial charge < -0.3 is 9.42 Å². The average molecular weight is 452 g/mol. The van der Waals surface area contributed by atoms with Crippen molar-refractivity contribution in [1.82, 2.24) is 15.1 Å². The van der Waals surface area contributed by atoms with Crippen LogP contribution in [0, 0.1) is 5.82 Å². The largest absolute Gasteiger partial charge is 0.363 e. The van der Waals surface area contributed by atoms with E-state index in [4.69, 9.17) is 16.1 Å². The molecule has 0 radical (unpaired) electrons. The molecule has 4 rings (SSSR count). The van der Waals surface area contributed by atoms with Gasteiger partial charge in [-0.3, -0.25) is 10.1 Å². The zero-order valence-corrected chi connectivity index (χ0v) is 18.1. The van der Waals surface area contributed by atoms with Gasteiger partial charge in [-0.1, -0.05) is 35.0 Å². The second-order valence-electron chi connectivity index (χ2n) is 7.19. The Labute approximate surface area is 188 Å². The Bertz CT molecular complexity index is 1260. The van der Waals surface area contributed by atoms with Gasteiger partial charge in [0, 0.05) is 30.9 Å². The first-order valence-electron chi connectivity index (χ1n) is 9.72. The molecule has 0 bridgehead atoms. The summed E-state index contributed by atoms with van der Waals surface area (Å²) in [6.45, 7) is 0. The predicted molar refractivity (Wildman–Crippen MR) is 121 cm³/mol. The molecule has 4 aromatic rings. The molecule has 1 amide bonds. The number of amides is 1. The van der Waals surface area contributed by atoms with Crippen LogP contribution in [0.3, 0.4) is 0 Å². The van der Waals surface area contributed by atoms with Crippen LogP contribution < -0.4 is 10.2 Å². The summed E-state index contributed by atoms with van der Waals surface area (Å²) in [6.07, 6.45) is 1.65. The topological polar surface area (TPSA) is 84.2 Å². The van der Waals surface area contributed by atoms with Gasteiger partial charge in [0.1, 0.15) is 22.9 Å². The van der Waals surface area contributed by atoms with Crippen LogP contribution in [0.2, 0.25) is 5.02 Å². The highest BCUT2D eigenvalue weighted by Crippen LogP contribution is 2.36. The lowest BCUT2D eigenvalue weighted by atomic mass is 10.1. The maximum absolute atomic E-state index is 13.4. The van der Waals surface area contributed by atoms with Crippen molar-refractivity contribution < 1.29 is 13.7 Å². The monoisotopic (exact) mass is 451 g/mol. The number of carbonyl (C=O) groups is 1. The maximum Gasteiger partial charge on any atom is 0.243 e. The van der Waals surface area contributed by atoms with Gasteiger partial charge in [0.15, 0.2) is 5.82 Å². The molecule has 32 heavy (non-hydrogen) atoms. The van der Waals surface area contributed by atoms with Crippen molar-refractivity contribution in [2.24, 2.45) is 0 Å². The summed E-state index contributed by atoms with van der Waals surface area (Å²) in [7, 11) is 3.71. The van der Waals surface area contributed by atoms with E-state index >= 15 is 0 Å². The van der Waals surface area contributed by atoms with Crippen LogP contribution in [0.15, 0.2) is 65.3 Å². The zero-order valence-electron chi connectivity index (χ0n) is 17.3. The first-order valence-corrected chi connectivity index (χ1v) is 10.1. The van der Waals surface area contributed by atoms with Gasteiger partial charge in [-0.2, -0.15) is 0 Å². The fourth-order valence-corrected chi connectivity index (χ4v) is 3.29. The molecule has 0 atom stereocenters. The lowest BCUT2D eigenvalue weighted by Crippen LogP contribution is -2.15. The molecule has 2 heterocycles. The quantitative estimate of drug-likeness (QED) is 0.451. The van der Waals surface area contributed by atoms with Gasteiger partial charge in [-0.15, -0.1) is 0 Å². The molecule has 0 saturated carbocycles. The Hall–Kier alpha value is -3.78. The van der Waals surface area contributed by atoms with Crippen molar-refractivity contribution in [3.63, 3.8) is 0 Å². The number of rotatable bonds is 6. The minimum Gasteiger partial charge on any atom is -0.363 e. The molecule has 2 aromatic carbocycles. The molecule has 0 spiro atoms. The SMILES string of the molecule is CN(C)c1ccnc(-c2c(-c3ccc(F)cc3)noc2NC(=O)Cc2ccccc2Cl)n1. The molecular formula is C23H19ClFN5O2. The van der Waals surface area contributed by atoms with E-state index in [0.29, 0.717) is 39.0 Å². The molecule has 0 aliphatic carbocycles. The number of nitrogens with one attached hydrogen (secondary N) is 1. The zero-order chi connectivity index (χ0) is 22.7. The van der Waals surface area contributed by atoms with Gasteiger partial charge in [0.2, 0.25) is 11.8 Å². The lowest BCUT2D eigenvalue weighted by molar-refractivity contribution is -0.115. The van der Waals surface area contributed by atoms with Crippen molar-refractivity contribution >= 4 is 29.2 Å². The summed E-state index contributed by atoms with van der Waals surface area (Å²) in [6, 6.07) is 14.6. The van der Waals surface area contributed by atoms with E-state index in [1.54, 1.807) is 42.6 Å². The van der Waals surface area contributed by atoms with E-state index in [1.165, 1.54) is 12.1 Å². The van der Waals surface area contributed by atoms with E-state index < -0.39 is 0 Å². The number of hydrogen-bond donors (Lipinski definition) is 1. The van der Waals surface area contributed by atoms with Crippen LogP contribution >= 0.6 is 11.6 Å². The summed E-state index contributed by atoms with van der Waals surface area (Å²) in [5, 5.41) is 7.35. The summed E-state index contributed by atoms with van der Waals surface area (Å²) in [5.74, 6) is 0.347. The van der Waals surface area contributed by atoms with Crippen LogP contribution in [0.5, 0.6) is 0 Å². The highest BCUT2D eigenvalue weighted by Gasteiger charge is 2.24. The Balaban J connectivity index is 1.74. The summed E-state index contributed by atoms with van der Waals surface area (Å²) in [5.41, 5.74) is 2.05. The van der Waals surface area contributed by atoms with E-state index in [0.717, 1.165) is 0 Å². The number of nitrogens with zero attached hydrogens (tertiary/aromatic N) is 4. The maximum atomic E-state index is 13.4. The minimum atomic E-state index is -0.377. The molecule has 1 N–H and O–H groups in total. The Kier molecular flexibility index (Phi) is 6.13. The average Bonchev–Trinajstić information content (AvgIpc) is 3.19. The fourth-order valence-electron chi connectivity index (χ4n) is 3.09. The molecule has 0 aliphatic heterocycles. The number of benzene rings is 2.